The molecule has 4 nitrogen and oxygen atoms in total. The molecule has 27 heavy (non-hydrogen) atoms. The van der Waals surface area contributed by atoms with Gasteiger partial charge in [0.05, 0.1) is 22.7 Å². The summed E-state index contributed by atoms with van der Waals surface area (Å²) in [4.78, 5) is 13.9. The molecule has 0 aromatic heterocycles. The van der Waals surface area contributed by atoms with Crippen LogP contribution in [0.4, 0.5) is 20.2 Å². The maximum atomic E-state index is 13.5. The fraction of sp³-hybridized carbons (Fsp3) is 0.222. The van der Waals surface area contributed by atoms with Crippen LogP contribution < -0.4 is 15.5 Å². The van der Waals surface area contributed by atoms with E-state index >= 15 is 0 Å². The molecule has 2 N–H and O–H groups in total. The van der Waals surface area contributed by atoms with Gasteiger partial charge in [-0.05, 0) is 42.5 Å². The number of hydrogen-bond acceptors (Lipinski definition) is 2. The largest absolute Gasteiger partial charge is 0.357 e. The molecule has 9 heteroatoms. The molecule has 3 rings (SSSR count). The van der Waals surface area contributed by atoms with Crippen molar-refractivity contribution < 1.29 is 13.6 Å². The second-order valence-electron chi connectivity index (χ2n) is 6.19. The van der Waals surface area contributed by atoms with E-state index in [-0.39, 0.29) is 29.3 Å². The summed E-state index contributed by atoms with van der Waals surface area (Å²) in [5.74, 6) is -2.17. The number of thiocarbonyl (C=S) groups is 1. The number of rotatable bonds is 3. The third-order valence-electron chi connectivity index (χ3n) is 4.29. The van der Waals surface area contributed by atoms with Crippen LogP contribution >= 0.6 is 35.4 Å². The molecule has 1 aliphatic heterocycles. The van der Waals surface area contributed by atoms with E-state index in [1.807, 2.05) is 0 Å². The Morgan fingerprint density at radius 1 is 1.19 bits per heavy atom. The molecule has 1 fully saturated rings. The molecule has 0 aliphatic carbocycles. The standard InChI is InChI=1S/C18H15Cl2F2N3OS/c1-9-16(24-18(27)23-15-4-10(19)2-3-14(15)20)8-25(17(9)26)13-6-11(21)5-12(22)7-13/h2-7,9,16H,8H2,1H3,(H2,23,24,27). The van der Waals surface area contributed by atoms with E-state index in [1.54, 1.807) is 25.1 Å². The zero-order valence-electron chi connectivity index (χ0n) is 14.1. The van der Waals surface area contributed by atoms with Gasteiger partial charge in [0.1, 0.15) is 11.6 Å². The highest BCUT2D eigenvalue weighted by Gasteiger charge is 2.38. The first-order valence-corrected chi connectivity index (χ1v) is 9.21. The van der Waals surface area contributed by atoms with Gasteiger partial charge < -0.3 is 15.5 Å². The highest BCUT2D eigenvalue weighted by Crippen LogP contribution is 2.28. The first kappa shape index (κ1) is 19.8. The van der Waals surface area contributed by atoms with Gasteiger partial charge in [0, 0.05) is 23.3 Å². The van der Waals surface area contributed by atoms with Gasteiger partial charge in [-0.3, -0.25) is 4.79 Å². The van der Waals surface area contributed by atoms with Crippen molar-refractivity contribution >= 4 is 57.8 Å². The van der Waals surface area contributed by atoms with Crippen molar-refractivity contribution in [2.45, 2.75) is 13.0 Å². The third kappa shape index (κ3) is 4.48. The number of benzene rings is 2. The average Bonchev–Trinajstić information content (AvgIpc) is 2.86. The maximum Gasteiger partial charge on any atom is 0.232 e. The van der Waals surface area contributed by atoms with Crippen molar-refractivity contribution in [3.8, 4) is 0 Å². The molecular weight excluding hydrogens is 415 g/mol. The molecule has 1 saturated heterocycles. The second kappa shape index (κ2) is 7.96. The molecule has 0 spiro atoms. The molecule has 0 radical (unpaired) electrons. The van der Waals surface area contributed by atoms with E-state index in [9.17, 15) is 13.6 Å². The normalized spacial score (nSPS) is 19.3. The first-order chi connectivity index (χ1) is 12.7. The lowest BCUT2D eigenvalue weighted by atomic mass is 10.1. The molecule has 0 saturated carbocycles. The van der Waals surface area contributed by atoms with E-state index < -0.39 is 17.6 Å². The molecule has 2 atom stereocenters. The van der Waals surface area contributed by atoms with Crippen molar-refractivity contribution in [1.29, 1.82) is 0 Å². The Hall–Kier alpha value is -1.96. The summed E-state index contributed by atoms with van der Waals surface area (Å²) in [6.45, 7) is 1.94. The Morgan fingerprint density at radius 3 is 2.52 bits per heavy atom. The fourth-order valence-corrected chi connectivity index (χ4v) is 3.48. The zero-order valence-corrected chi connectivity index (χ0v) is 16.4. The number of carbonyl (C=O) groups is 1. The Labute approximate surface area is 170 Å². The van der Waals surface area contributed by atoms with Gasteiger partial charge in [0.15, 0.2) is 5.11 Å². The number of anilines is 2. The van der Waals surface area contributed by atoms with Crippen LogP contribution in [0.25, 0.3) is 0 Å². The van der Waals surface area contributed by atoms with Crippen molar-refractivity contribution in [2.24, 2.45) is 5.92 Å². The lowest BCUT2D eigenvalue weighted by Crippen LogP contribution is -2.42. The van der Waals surface area contributed by atoms with Crippen molar-refractivity contribution in [3.63, 3.8) is 0 Å². The van der Waals surface area contributed by atoms with Crippen LogP contribution in [0.5, 0.6) is 0 Å². The van der Waals surface area contributed by atoms with E-state index in [0.717, 1.165) is 18.2 Å². The number of nitrogens with zero attached hydrogens (tertiary/aromatic N) is 1. The lowest BCUT2D eigenvalue weighted by molar-refractivity contribution is -0.120. The second-order valence-corrected chi connectivity index (χ2v) is 7.45. The maximum absolute atomic E-state index is 13.5. The van der Waals surface area contributed by atoms with Crippen molar-refractivity contribution in [2.75, 3.05) is 16.8 Å². The molecule has 1 amide bonds. The molecule has 2 unspecified atom stereocenters. The Morgan fingerprint density at radius 2 is 1.85 bits per heavy atom. The molecule has 1 heterocycles. The minimum atomic E-state index is -0.741. The molecule has 1 aliphatic rings. The molecule has 142 valence electrons. The number of carbonyl (C=O) groups excluding carboxylic acids is 1. The third-order valence-corrected chi connectivity index (χ3v) is 5.08. The SMILES string of the molecule is CC1C(=O)N(c2cc(F)cc(F)c2)CC1NC(=S)Nc1cc(Cl)ccc1Cl. The van der Waals surface area contributed by atoms with Crippen LogP contribution in [0, 0.1) is 17.6 Å². The van der Waals surface area contributed by atoms with Crippen LogP contribution in [0.15, 0.2) is 36.4 Å². The predicted molar refractivity (Wildman–Crippen MR) is 107 cm³/mol. The van der Waals surface area contributed by atoms with Crippen molar-refractivity contribution in [1.82, 2.24) is 5.32 Å². The minimum absolute atomic E-state index is 0.172. The summed E-state index contributed by atoms with van der Waals surface area (Å²) < 4.78 is 27.0. The summed E-state index contributed by atoms with van der Waals surface area (Å²) in [6.07, 6.45) is 0. The number of nitrogens with one attached hydrogen (secondary N) is 2. The summed E-state index contributed by atoms with van der Waals surface area (Å²) >= 11 is 17.3. The molecule has 0 bridgehead atoms. The topological polar surface area (TPSA) is 44.4 Å². The Bertz CT molecular complexity index is 892. The lowest BCUT2D eigenvalue weighted by Gasteiger charge is -2.19. The highest BCUT2D eigenvalue weighted by molar-refractivity contribution is 7.80. The Balaban J connectivity index is 1.71. The van der Waals surface area contributed by atoms with E-state index in [0.29, 0.717) is 15.7 Å². The monoisotopic (exact) mass is 429 g/mol. The molecule has 2 aromatic carbocycles. The van der Waals surface area contributed by atoms with E-state index in [4.69, 9.17) is 35.4 Å². The van der Waals surface area contributed by atoms with Gasteiger partial charge in [-0.1, -0.05) is 30.1 Å². The number of amides is 1. The highest BCUT2D eigenvalue weighted by atomic mass is 35.5. The fourth-order valence-electron chi connectivity index (χ4n) is 2.88. The van der Waals surface area contributed by atoms with Gasteiger partial charge in [-0.25, -0.2) is 8.78 Å². The van der Waals surface area contributed by atoms with E-state index in [1.165, 1.54) is 4.90 Å². The van der Waals surface area contributed by atoms with Crippen LogP contribution in [-0.4, -0.2) is 23.6 Å². The summed E-state index contributed by atoms with van der Waals surface area (Å²) in [5, 5.41) is 7.19. The van der Waals surface area contributed by atoms with Crippen LogP contribution in [0.1, 0.15) is 6.92 Å². The number of hydrogen-bond donors (Lipinski definition) is 2. The van der Waals surface area contributed by atoms with Gasteiger partial charge in [0.25, 0.3) is 0 Å². The smallest absolute Gasteiger partial charge is 0.232 e. The summed E-state index contributed by atoms with van der Waals surface area (Å²) in [6, 6.07) is 7.58. The van der Waals surface area contributed by atoms with Crippen molar-refractivity contribution in [3.05, 3.63) is 58.1 Å². The summed E-state index contributed by atoms with van der Waals surface area (Å²) in [5.41, 5.74) is 0.702. The van der Waals surface area contributed by atoms with Gasteiger partial charge in [-0.2, -0.15) is 0 Å². The van der Waals surface area contributed by atoms with Gasteiger partial charge in [-0.15, -0.1) is 0 Å². The quantitative estimate of drug-likeness (QED) is 0.699. The molecular formula is C18H15Cl2F2N3OS. The van der Waals surface area contributed by atoms with Crippen LogP contribution in [-0.2, 0) is 4.79 Å². The average molecular weight is 430 g/mol. The van der Waals surface area contributed by atoms with Crippen LogP contribution in [0.3, 0.4) is 0 Å². The molecule has 2 aromatic rings. The number of halogens is 4. The van der Waals surface area contributed by atoms with E-state index in [2.05, 4.69) is 10.6 Å². The predicted octanol–water partition coefficient (Wildman–Crippen LogP) is 4.61. The van der Waals surface area contributed by atoms with Crippen LogP contribution in [0.2, 0.25) is 10.0 Å². The van der Waals surface area contributed by atoms with Gasteiger partial charge >= 0.3 is 0 Å². The Kier molecular flexibility index (Phi) is 5.83. The van der Waals surface area contributed by atoms with Gasteiger partial charge in [0.2, 0.25) is 5.91 Å². The summed E-state index contributed by atoms with van der Waals surface area (Å²) in [7, 11) is 0. The first-order valence-electron chi connectivity index (χ1n) is 8.04. The minimum Gasteiger partial charge on any atom is -0.357 e. The zero-order chi connectivity index (χ0) is 19.7.